The molecule has 0 fully saturated rings. The molecule has 3 aromatic carbocycles. The molecule has 1 unspecified atom stereocenters. The van der Waals surface area contributed by atoms with Gasteiger partial charge in [-0.05, 0) is 45.2 Å². The summed E-state index contributed by atoms with van der Waals surface area (Å²) < 4.78 is 0. The molecule has 4 rings (SSSR count). The van der Waals surface area contributed by atoms with Gasteiger partial charge in [0, 0.05) is 5.92 Å². The maximum Gasteiger partial charge on any atom is 0.00735 e. The van der Waals surface area contributed by atoms with Crippen molar-refractivity contribution in [1.82, 2.24) is 0 Å². The topological polar surface area (TPSA) is 0 Å². The van der Waals surface area contributed by atoms with Gasteiger partial charge < -0.3 is 0 Å². The summed E-state index contributed by atoms with van der Waals surface area (Å²) in [5, 5.41) is 2.68. The molecule has 0 bridgehead atoms. The normalized spacial score (nSPS) is 14.1. The quantitative estimate of drug-likeness (QED) is 0.417. The van der Waals surface area contributed by atoms with Crippen molar-refractivity contribution in [2.24, 2.45) is 0 Å². The van der Waals surface area contributed by atoms with E-state index in [4.69, 9.17) is 0 Å². The van der Waals surface area contributed by atoms with Crippen molar-refractivity contribution in [2.75, 3.05) is 0 Å². The van der Waals surface area contributed by atoms with Crippen molar-refractivity contribution in [3.05, 3.63) is 71.8 Å². The SMILES string of the molecule is CC.CC.CC1c2ccccc2-c2cc3ccccc3cc21. The number of hydrogen-bond acceptors (Lipinski definition) is 0. The minimum atomic E-state index is 0.515. The summed E-state index contributed by atoms with van der Waals surface area (Å²) >= 11 is 0. The Bertz CT molecular complexity index is 753. The molecule has 0 saturated heterocycles. The Balaban J connectivity index is 0.000000410. The van der Waals surface area contributed by atoms with Crippen molar-refractivity contribution < 1.29 is 0 Å². The van der Waals surface area contributed by atoms with Crippen LogP contribution in [0.15, 0.2) is 60.7 Å². The van der Waals surface area contributed by atoms with Gasteiger partial charge >= 0.3 is 0 Å². The van der Waals surface area contributed by atoms with Gasteiger partial charge in [-0.15, -0.1) is 0 Å². The predicted molar refractivity (Wildman–Crippen MR) is 99.6 cm³/mol. The fraction of sp³-hybridized carbons (Fsp3) is 0.273. The van der Waals surface area contributed by atoms with E-state index < -0.39 is 0 Å². The highest BCUT2D eigenvalue weighted by Gasteiger charge is 2.24. The van der Waals surface area contributed by atoms with Gasteiger partial charge in [0.05, 0.1) is 0 Å². The zero-order valence-electron chi connectivity index (χ0n) is 14.4. The molecule has 0 heterocycles. The molecule has 0 N–H and O–H groups in total. The molecule has 0 nitrogen and oxygen atoms in total. The Hall–Kier alpha value is -2.08. The van der Waals surface area contributed by atoms with E-state index in [1.54, 1.807) is 0 Å². The second kappa shape index (κ2) is 7.26. The minimum Gasteiger partial charge on any atom is -0.0683 e. The zero-order chi connectivity index (χ0) is 16.1. The molecule has 22 heavy (non-hydrogen) atoms. The zero-order valence-corrected chi connectivity index (χ0v) is 14.4. The molecule has 1 aliphatic rings. The molecule has 0 saturated carbocycles. The van der Waals surface area contributed by atoms with Crippen molar-refractivity contribution >= 4 is 10.8 Å². The Labute approximate surface area is 134 Å². The van der Waals surface area contributed by atoms with Crippen molar-refractivity contribution in [3.63, 3.8) is 0 Å². The fourth-order valence-corrected chi connectivity index (χ4v) is 3.14. The van der Waals surface area contributed by atoms with Gasteiger partial charge in [0.25, 0.3) is 0 Å². The van der Waals surface area contributed by atoms with Crippen LogP contribution in [0.3, 0.4) is 0 Å². The Morgan fingerprint density at radius 3 is 1.82 bits per heavy atom. The molecule has 0 heteroatoms. The third-order valence-electron chi connectivity index (χ3n) is 4.10. The lowest BCUT2D eigenvalue weighted by molar-refractivity contribution is 0.959. The van der Waals surface area contributed by atoms with Crippen LogP contribution in [0, 0.1) is 0 Å². The van der Waals surface area contributed by atoms with Gasteiger partial charge in [0.15, 0.2) is 0 Å². The van der Waals surface area contributed by atoms with Crippen LogP contribution in [-0.2, 0) is 0 Å². The van der Waals surface area contributed by atoms with Crippen molar-refractivity contribution in [1.29, 1.82) is 0 Å². The van der Waals surface area contributed by atoms with Crippen LogP contribution in [0.25, 0.3) is 21.9 Å². The predicted octanol–water partition coefficient (Wildman–Crippen LogP) is 7.02. The van der Waals surface area contributed by atoms with E-state index in [0.717, 1.165) is 0 Å². The average Bonchev–Trinajstić information content (AvgIpc) is 2.89. The number of hydrogen-bond donors (Lipinski definition) is 0. The Morgan fingerprint density at radius 2 is 1.14 bits per heavy atom. The van der Waals surface area contributed by atoms with Gasteiger partial charge in [-0.2, -0.15) is 0 Å². The maximum absolute atomic E-state index is 2.36. The van der Waals surface area contributed by atoms with Gasteiger partial charge in [0.2, 0.25) is 0 Å². The first-order valence-corrected chi connectivity index (χ1v) is 8.46. The lowest BCUT2D eigenvalue weighted by Crippen LogP contribution is -1.89. The average molecular weight is 290 g/mol. The molecular weight excluding hydrogens is 264 g/mol. The highest BCUT2D eigenvalue weighted by atomic mass is 14.3. The molecule has 1 atom stereocenters. The van der Waals surface area contributed by atoms with Crippen LogP contribution in [0.4, 0.5) is 0 Å². The summed E-state index contributed by atoms with van der Waals surface area (Å²) in [5.74, 6) is 0.515. The van der Waals surface area contributed by atoms with E-state index in [1.165, 1.54) is 33.0 Å². The number of fused-ring (bicyclic) bond motifs is 4. The standard InChI is InChI=1S/C18H14.2C2H6/c1-12-15-8-4-5-9-16(15)18-11-14-7-3-2-6-13(14)10-17(12)18;2*1-2/h2-12H,1H3;2*1-2H3. The molecular formula is C22H26. The largest absolute Gasteiger partial charge is 0.0683 e. The van der Waals surface area contributed by atoms with Crippen LogP contribution in [0.1, 0.15) is 51.7 Å². The molecule has 1 aliphatic carbocycles. The van der Waals surface area contributed by atoms with Crippen LogP contribution < -0.4 is 0 Å². The third kappa shape index (κ3) is 2.66. The van der Waals surface area contributed by atoms with Gasteiger partial charge in [-0.3, -0.25) is 0 Å². The molecule has 114 valence electrons. The van der Waals surface area contributed by atoms with Crippen LogP contribution in [0.2, 0.25) is 0 Å². The van der Waals surface area contributed by atoms with E-state index in [2.05, 4.69) is 67.6 Å². The van der Waals surface area contributed by atoms with E-state index >= 15 is 0 Å². The second-order valence-electron chi connectivity index (χ2n) is 5.10. The molecule has 0 aliphatic heterocycles. The van der Waals surface area contributed by atoms with Crippen molar-refractivity contribution in [3.8, 4) is 11.1 Å². The molecule has 3 aromatic rings. The van der Waals surface area contributed by atoms with Crippen LogP contribution >= 0.6 is 0 Å². The Morgan fingerprint density at radius 1 is 0.591 bits per heavy atom. The summed E-state index contributed by atoms with van der Waals surface area (Å²) in [7, 11) is 0. The van der Waals surface area contributed by atoms with E-state index in [9.17, 15) is 0 Å². The van der Waals surface area contributed by atoms with Gasteiger partial charge in [0.1, 0.15) is 0 Å². The monoisotopic (exact) mass is 290 g/mol. The summed E-state index contributed by atoms with van der Waals surface area (Å²) in [4.78, 5) is 0. The Kier molecular flexibility index (Phi) is 5.38. The second-order valence-corrected chi connectivity index (χ2v) is 5.10. The van der Waals surface area contributed by atoms with E-state index in [0.29, 0.717) is 5.92 Å². The third-order valence-corrected chi connectivity index (χ3v) is 4.10. The first-order valence-electron chi connectivity index (χ1n) is 8.46. The van der Waals surface area contributed by atoms with E-state index in [-0.39, 0.29) is 0 Å². The summed E-state index contributed by atoms with van der Waals surface area (Å²) in [6, 6.07) is 22.1. The fourth-order valence-electron chi connectivity index (χ4n) is 3.14. The van der Waals surface area contributed by atoms with Crippen LogP contribution in [-0.4, -0.2) is 0 Å². The van der Waals surface area contributed by atoms with E-state index in [1.807, 2.05) is 27.7 Å². The minimum absolute atomic E-state index is 0.515. The number of rotatable bonds is 0. The molecule has 0 amide bonds. The first kappa shape index (κ1) is 16.3. The highest BCUT2D eigenvalue weighted by molar-refractivity contribution is 5.92. The molecule has 0 radical (unpaired) electrons. The summed E-state index contributed by atoms with van der Waals surface area (Å²) in [6.07, 6.45) is 0. The van der Waals surface area contributed by atoms with Gasteiger partial charge in [-0.25, -0.2) is 0 Å². The first-order chi connectivity index (χ1) is 10.8. The van der Waals surface area contributed by atoms with Crippen molar-refractivity contribution in [2.45, 2.75) is 40.5 Å². The lowest BCUT2D eigenvalue weighted by Gasteiger charge is -2.07. The molecule has 0 aromatic heterocycles. The summed E-state index contributed by atoms with van der Waals surface area (Å²) in [5.41, 5.74) is 5.75. The molecule has 0 spiro atoms. The van der Waals surface area contributed by atoms with Gasteiger partial charge in [-0.1, -0.05) is 83.1 Å². The van der Waals surface area contributed by atoms with Crippen LogP contribution in [0.5, 0.6) is 0 Å². The summed E-state index contributed by atoms with van der Waals surface area (Å²) in [6.45, 7) is 10.3. The lowest BCUT2D eigenvalue weighted by atomic mass is 9.97. The maximum atomic E-state index is 2.36. The highest BCUT2D eigenvalue weighted by Crippen LogP contribution is 2.45. The number of benzene rings is 3. The smallest absolute Gasteiger partial charge is 0.00735 e.